The maximum absolute atomic E-state index is 13.5. The topological polar surface area (TPSA) is 22.1 Å². The molecule has 102 valence electrons. The summed E-state index contributed by atoms with van der Waals surface area (Å²) < 4.78 is 56.5. The van der Waals surface area contributed by atoms with Crippen LogP contribution in [0.25, 0.3) is 10.9 Å². The van der Waals surface area contributed by atoms with Crippen molar-refractivity contribution in [2.24, 2.45) is 0 Å². The van der Waals surface area contributed by atoms with E-state index in [2.05, 4.69) is 4.98 Å². The molecule has 0 aliphatic carbocycles. The lowest BCUT2D eigenvalue weighted by Gasteiger charge is -2.13. The number of ether oxygens (including phenoxy) is 1. The molecule has 2 aromatic rings. The molecule has 2 rings (SSSR count). The first-order chi connectivity index (χ1) is 8.75. The van der Waals surface area contributed by atoms with Gasteiger partial charge in [0.05, 0.1) is 17.6 Å². The van der Waals surface area contributed by atoms with Crippen molar-refractivity contribution < 1.29 is 22.3 Å². The highest BCUT2D eigenvalue weighted by Crippen LogP contribution is 2.38. The van der Waals surface area contributed by atoms with Gasteiger partial charge in [-0.15, -0.1) is 0 Å². The Balaban J connectivity index is 2.85. The molecule has 1 aromatic heterocycles. The third kappa shape index (κ3) is 2.32. The largest absolute Gasteiger partial charge is 0.494 e. The number of methoxy groups -OCH3 is 1. The van der Waals surface area contributed by atoms with Gasteiger partial charge >= 0.3 is 6.18 Å². The molecule has 0 radical (unpaired) electrons. The van der Waals surface area contributed by atoms with E-state index in [1.165, 1.54) is 20.1 Å². The van der Waals surface area contributed by atoms with Crippen LogP contribution < -0.4 is 4.74 Å². The Bertz CT molecular complexity index is 654. The van der Waals surface area contributed by atoms with Crippen LogP contribution in [0, 0.1) is 12.7 Å². The molecule has 1 heterocycles. The van der Waals surface area contributed by atoms with Crippen LogP contribution in [-0.2, 0) is 6.18 Å². The van der Waals surface area contributed by atoms with Crippen molar-refractivity contribution in [3.05, 3.63) is 34.2 Å². The molecule has 0 spiro atoms. The SMILES string of the molecule is COc1cc2c(Cl)c(C)c(C(F)(F)F)nc2cc1F. The Morgan fingerprint density at radius 1 is 1.26 bits per heavy atom. The van der Waals surface area contributed by atoms with Gasteiger partial charge in [0.15, 0.2) is 11.6 Å². The number of hydrogen-bond acceptors (Lipinski definition) is 2. The molecular formula is C12H8ClF4NO. The van der Waals surface area contributed by atoms with Gasteiger partial charge in [0.2, 0.25) is 0 Å². The molecule has 0 N–H and O–H groups in total. The van der Waals surface area contributed by atoms with E-state index in [0.29, 0.717) is 0 Å². The van der Waals surface area contributed by atoms with Gasteiger partial charge in [0, 0.05) is 11.5 Å². The van der Waals surface area contributed by atoms with E-state index in [1.807, 2.05) is 0 Å². The highest BCUT2D eigenvalue weighted by Gasteiger charge is 2.36. The average Bonchev–Trinajstić information content (AvgIpc) is 2.31. The molecule has 0 aliphatic rings. The quantitative estimate of drug-likeness (QED) is 0.729. The first-order valence-electron chi connectivity index (χ1n) is 5.16. The Kier molecular flexibility index (Phi) is 3.30. The van der Waals surface area contributed by atoms with Crippen LogP contribution in [0.4, 0.5) is 17.6 Å². The zero-order valence-electron chi connectivity index (χ0n) is 9.90. The standard InChI is InChI=1S/C12H8ClF4NO/c1-5-10(13)6-3-9(19-2)7(14)4-8(6)18-11(5)12(15,16)17/h3-4H,1-2H3. The Labute approximate surface area is 111 Å². The first-order valence-corrected chi connectivity index (χ1v) is 5.54. The maximum atomic E-state index is 13.5. The molecule has 2 nitrogen and oxygen atoms in total. The maximum Gasteiger partial charge on any atom is 0.433 e. The number of nitrogens with zero attached hydrogens (tertiary/aromatic N) is 1. The van der Waals surface area contributed by atoms with E-state index in [4.69, 9.17) is 16.3 Å². The molecule has 0 saturated heterocycles. The molecule has 0 bridgehead atoms. The number of alkyl halides is 3. The third-order valence-corrected chi connectivity index (χ3v) is 3.18. The lowest BCUT2D eigenvalue weighted by Crippen LogP contribution is -2.11. The van der Waals surface area contributed by atoms with E-state index < -0.39 is 17.7 Å². The summed E-state index contributed by atoms with van der Waals surface area (Å²) in [7, 11) is 1.25. The van der Waals surface area contributed by atoms with E-state index in [9.17, 15) is 17.6 Å². The number of halogens is 5. The molecule has 0 fully saturated rings. The zero-order chi connectivity index (χ0) is 14.4. The van der Waals surface area contributed by atoms with Crippen molar-refractivity contribution in [3.8, 4) is 5.75 Å². The summed E-state index contributed by atoms with van der Waals surface area (Å²) in [6, 6.07) is 2.10. The van der Waals surface area contributed by atoms with Crippen molar-refractivity contribution in [3.63, 3.8) is 0 Å². The van der Waals surface area contributed by atoms with Crippen molar-refractivity contribution in [2.45, 2.75) is 13.1 Å². The van der Waals surface area contributed by atoms with E-state index in [-0.39, 0.29) is 27.2 Å². The molecule has 0 amide bonds. The van der Waals surface area contributed by atoms with Gasteiger partial charge in [-0.1, -0.05) is 11.6 Å². The molecular weight excluding hydrogens is 286 g/mol. The Hall–Kier alpha value is -1.56. The van der Waals surface area contributed by atoms with Crippen LogP contribution in [-0.4, -0.2) is 12.1 Å². The summed E-state index contributed by atoms with van der Waals surface area (Å²) in [4.78, 5) is 3.44. The minimum atomic E-state index is -4.64. The van der Waals surface area contributed by atoms with Gasteiger partial charge in [0.25, 0.3) is 0 Å². The number of pyridine rings is 1. The molecule has 0 saturated carbocycles. The van der Waals surface area contributed by atoms with Crippen molar-refractivity contribution in [1.82, 2.24) is 4.98 Å². The lowest BCUT2D eigenvalue weighted by atomic mass is 10.1. The van der Waals surface area contributed by atoms with Gasteiger partial charge in [-0.3, -0.25) is 0 Å². The number of aromatic nitrogens is 1. The minimum absolute atomic E-state index is 0.102. The van der Waals surface area contributed by atoms with Crippen molar-refractivity contribution >= 4 is 22.5 Å². The highest BCUT2D eigenvalue weighted by atomic mass is 35.5. The molecule has 0 atom stereocenters. The second-order valence-corrected chi connectivity index (χ2v) is 4.28. The molecule has 1 aromatic carbocycles. The van der Waals surface area contributed by atoms with Crippen LogP contribution in [0.1, 0.15) is 11.3 Å². The fourth-order valence-electron chi connectivity index (χ4n) is 1.75. The van der Waals surface area contributed by atoms with Crippen LogP contribution >= 0.6 is 11.6 Å². The number of hydrogen-bond donors (Lipinski definition) is 0. The summed E-state index contributed by atoms with van der Waals surface area (Å²) in [5.41, 5.74) is -1.48. The molecule has 19 heavy (non-hydrogen) atoms. The number of fused-ring (bicyclic) bond motifs is 1. The summed E-state index contributed by atoms with van der Waals surface area (Å²) in [6.45, 7) is 1.22. The van der Waals surface area contributed by atoms with Gasteiger partial charge in [-0.05, 0) is 18.6 Å². The summed E-state index contributed by atoms with van der Waals surface area (Å²) in [6.07, 6.45) is -4.64. The third-order valence-electron chi connectivity index (χ3n) is 2.69. The predicted octanol–water partition coefficient (Wildman–Crippen LogP) is 4.36. The van der Waals surface area contributed by atoms with Gasteiger partial charge in [0.1, 0.15) is 5.69 Å². The fraction of sp³-hybridized carbons (Fsp3) is 0.250. The van der Waals surface area contributed by atoms with E-state index >= 15 is 0 Å². The first kappa shape index (κ1) is 13.9. The summed E-state index contributed by atoms with van der Waals surface area (Å²) in [5, 5.41) is 0.0982. The number of benzene rings is 1. The fourth-order valence-corrected chi connectivity index (χ4v) is 1.99. The second kappa shape index (κ2) is 4.52. The zero-order valence-corrected chi connectivity index (χ0v) is 10.7. The highest BCUT2D eigenvalue weighted by molar-refractivity contribution is 6.36. The van der Waals surface area contributed by atoms with Crippen molar-refractivity contribution in [1.29, 1.82) is 0 Å². The predicted molar refractivity (Wildman–Crippen MR) is 63.0 cm³/mol. The van der Waals surface area contributed by atoms with Crippen LogP contribution in [0.3, 0.4) is 0 Å². The minimum Gasteiger partial charge on any atom is -0.494 e. The van der Waals surface area contributed by atoms with Gasteiger partial charge < -0.3 is 4.74 Å². The van der Waals surface area contributed by atoms with E-state index in [1.54, 1.807) is 0 Å². The van der Waals surface area contributed by atoms with E-state index in [0.717, 1.165) is 6.07 Å². The lowest BCUT2D eigenvalue weighted by molar-refractivity contribution is -0.141. The van der Waals surface area contributed by atoms with Crippen molar-refractivity contribution in [2.75, 3.05) is 7.11 Å². The van der Waals surface area contributed by atoms with Gasteiger partial charge in [-0.2, -0.15) is 13.2 Å². The van der Waals surface area contributed by atoms with Crippen LogP contribution in [0.5, 0.6) is 5.75 Å². The number of rotatable bonds is 1. The monoisotopic (exact) mass is 293 g/mol. The molecule has 0 aliphatic heterocycles. The smallest absolute Gasteiger partial charge is 0.433 e. The summed E-state index contributed by atoms with van der Waals surface area (Å²) >= 11 is 5.90. The van der Waals surface area contributed by atoms with Crippen LogP contribution in [0.2, 0.25) is 5.02 Å². The molecule has 0 unspecified atom stereocenters. The second-order valence-electron chi connectivity index (χ2n) is 3.90. The summed E-state index contributed by atoms with van der Waals surface area (Å²) in [5.74, 6) is -0.897. The van der Waals surface area contributed by atoms with Crippen LogP contribution in [0.15, 0.2) is 12.1 Å². The van der Waals surface area contributed by atoms with Gasteiger partial charge in [-0.25, -0.2) is 9.37 Å². The Morgan fingerprint density at radius 3 is 2.42 bits per heavy atom. The average molecular weight is 294 g/mol. The normalized spacial score (nSPS) is 11.9. The molecule has 7 heteroatoms. The Morgan fingerprint density at radius 2 is 1.89 bits per heavy atom.